The van der Waals surface area contributed by atoms with Crippen molar-refractivity contribution in [3.63, 3.8) is 0 Å². The van der Waals surface area contributed by atoms with Crippen LogP contribution in [0.3, 0.4) is 0 Å². The lowest BCUT2D eigenvalue weighted by Gasteiger charge is -2.07. The van der Waals surface area contributed by atoms with E-state index in [2.05, 4.69) is 10.2 Å². The molecule has 0 fully saturated rings. The highest BCUT2D eigenvalue weighted by molar-refractivity contribution is 7.91. The molecule has 122 valence electrons. The molecule has 7 heteroatoms. The maximum Gasteiger partial charge on any atom is 0.225 e. The molecule has 0 saturated heterocycles. The van der Waals surface area contributed by atoms with Crippen molar-refractivity contribution >= 4 is 9.84 Å². The molecule has 24 heavy (non-hydrogen) atoms. The summed E-state index contributed by atoms with van der Waals surface area (Å²) in [6.07, 6.45) is 0. The lowest BCUT2D eigenvalue weighted by Crippen LogP contribution is -2.06. The van der Waals surface area contributed by atoms with Gasteiger partial charge in [0.25, 0.3) is 0 Å². The predicted molar refractivity (Wildman–Crippen MR) is 85.9 cm³/mol. The zero-order valence-corrected chi connectivity index (χ0v) is 13.5. The minimum absolute atomic E-state index is 0.125. The largest absolute Gasteiger partial charge is 0.497 e. The molecule has 0 amide bonds. The highest BCUT2D eigenvalue weighted by atomic mass is 32.2. The molecule has 0 spiro atoms. The molecule has 3 rings (SSSR count). The van der Waals surface area contributed by atoms with Gasteiger partial charge in [0.1, 0.15) is 11.6 Å². The molecular formula is C17H13FN2O3S. The number of rotatable bonds is 4. The number of aromatic nitrogens is 2. The van der Waals surface area contributed by atoms with E-state index in [1.54, 1.807) is 18.2 Å². The molecule has 0 unspecified atom stereocenters. The lowest BCUT2D eigenvalue weighted by atomic mass is 10.1. The SMILES string of the molecule is COc1ccc(F)c(-c2ccc(S(=O)(=O)c3ccccc3)nn2)c1. The van der Waals surface area contributed by atoms with Crippen molar-refractivity contribution in [3.05, 3.63) is 66.5 Å². The van der Waals surface area contributed by atoms with Gasteiger partial charge < -0.3 is 4.74 Å². The van der Waals surface area contributed by atoms with Gasteiger partial charge in [-0.3, -0.25) is 0 Å². The molecule has 0 aliphatic rings. The first-order chi connectivity index (χ1) is 11.5. The van der Waals surface area contributed by atoms with E-state index in [-0.39, 0.29) is 21.2 Å². The highest BCUT2D eigenvalue weighted by Gasteiger charge is 2.20. The molecule has 0 aliphatic carbocycles. The van der Waals surface area contributed by atoms with Crippen molar-refractivity contribution in [1.29, 1.82) is 0 Å². The van der Waals surface area contributed by atoms with Crippen LogP contribution in [-0.2, 0) is 9.84 Å². The van der Waals surface area contributed by atoms with Crippen LogP contribution >= 0.6 is 0 Å². The van der Waals surface area contributed by atoms with Gasteiger partial charge in [0.15, 0.2) is 5.03 Å². The Morgan fingerprint density at radius 1 is 0.958 bits per heavy atom. The van der Waals surface area contributed by atoms with Gasteiger partial charge in [0.2, 0.25) is 9.84 Å². The Morgan fingerprint density at radius 3 is 2.33 bits per heavy atom. The lowest BCUT2D eigenvalue weighted by molar-refractivity contribution is 0.414. The van der Waals surface area contributed by atoms with Crippen LogP contribution in [0.4, 0.5) is 4.39 Å². The van der Waals surface area contributed by atoms with E-state index in [9.17, 15) is 12.8 Å². The third-order valence-corrected chi connectivity index (χ3v) is 5.08. The first kappa shape index (κ1) is 16.1. The second-order valence-corrected chi connectivity index (χ2v) is 6.82. The number of hydrogen-bond acceptors (Lipinski definition) is 5. The van der Waals surface area contributed by atoms with Gasteiger partial charge in [0, 0.05) is 5.56 Å². The smallest absolute Gasteiger partial charge is 0.225 e. The van der Waals surface area contributed by atoms with Gasteiger partial charge >= 0.3 is 0 Å². The number of ether oxygens (including phenoxy) is 1. The van der Waals surface area contributed by atoms with Gasteiger partial charge in [-0.2, -0.15) is 0 Å². The first-order valence-electron chi connectivity index (χ1n) is 7.00. The molecular weight excluding hydrogens is 331 g/mol. The van der Waals surface area contributed by atoms with Crippen molar-refractivity contribution in [3.8, 4) is 17.0 Å². The summed E-state index contributed by atoms with van der Waals surface area (Å²) in [4.78, 5) is 0.125. The normalized spacial score (nSPS) is 11.2. The van der Waals surface area contributed by atoms with Crippen LogP contribution in [0, 0.1) is 5.82 Å². The van der Waals surface area contributed by atoms with Crippen LogP contribution in [0.15, 0.2) is 70.6 Å². The maximum absolute atomic E-state index is 13.9. The van der Waals surface area contributed by atoms with Gasteiger partial charge in [-0.15, -0.1) is 10.2 Å². The van der Waals surface area contributed by atoms with E-state index >= 15 is 0 Å². The Labute approximate surface area is 138 Å². The summed E-state index contributed by atoms with van der Waals surface area (Å²) in [5.74, 6) is -0.0297. The molecule has 1 aromatic heterocycles. The molecule has 1 heterocycles. The predicted octanol–water partition coefficient (Wildman–Crippen LogP) is 3.12. The van der Waals surface area contributed by atoms with Crippen molar-refractivity contribution in [2.24, 2.45) is 0 Å². The molecule has 0 bridgehead atoms. The van der Waals surface area contributed by atoms with Crippen molar-refractivity contribution in [2.75, 3.05) is 7.11 Å². The van der Waals surface area contributed by atoms with E-state index in [0.29, 0.717) is 5.75 Å². The molecule has 0 atom stereocenters. The average molecular weight is 344 g/mol. The second kappa shape index (κ2) is 6.37. The molecule has 0 N–H and O–H groups in total. The summed E-state index contributed by atoms with van der Waals surface area (Å²) in [5.41, 5.74) is 0.406. The minimum Gasteiger partial charge on any atom is -0.497 e. The fourth-order valence-corrected chi connectivity index (χ4v) is 3.31. The van der Waals surface area contributed by atoms with Crippen LogP contribution in [0.1, 0.15) is 0 Å². The van der Waals surface area contributed by atoms with Gasteiger partial charge in [-0.1, -0.05) is 18.2 Å². The van der Waals surface area contributed by atoms with Crippen LogP contribution in [0.5, 0.6) is 5.75 Å². The first-order valence-corrected chi connectivity index (χ1v) is 8.48. The zero-order chi connectivity index (χ0) is 17.2. The van der Waals surface area contributed by atoms with Crippen molar-refractivity contribution in [2.45, 2.75) is 9.92 Å². The number of sulfone groups is 1. The summed E-state index contributed by atoms with van der Waals surface area (Å²) >= 11 is 0. The van der Waals surface area contributed by atoms with E-state index in [0.717, 1.165) is 0 Å². The highest BCUT2D eigenvalue weighted by Crippen LogP contribution is 2.26. The monoisotopic (exact) mass is 344 g/mol. The molecule has 3 aromatic rings. The molecule has 0 radical (unpaired) electrons. The Morgan fingerprint density at radius 2 is 1.71 bits per heavy atom. The fourth-order valence-electron chi connectivity index (χ4n) is 2.16. The topological polar surface area (TPSA) is 69.2 Å². The quantitative estimate of drug-likeness (QED) is 0.727. The van der Waals surface area contributed by atoms with Crippen LogP contribution in [-0.4, -0.2) is 25.7 Å². The Kier molecular flexibility index (Phi) is 4.26. The molecule has 5 nitrogen and oxygen atoms in total. The fraction of sp³-hybridized carbons (Fsp3) is 0.0588. The molecule has 0 aliphatic heterocycles. The Hall–Kier alpha value is -2.80. The van der Waals surface area contributed by atoms with E-state index in [4.69, 9.17) is 4.74 Å². The van der Waals surface area contributed by atoms with Crippen LogP contribution in [0.2, 0.25) is 0 Å². The van der Waals surface area contributed by atoms with E-state index < -0.39 is 15.7 Å². The third-order valence-electron chi connectivity index (χ3n) is 3.42. The summed E-state index contributed by atoms with van der Waals surface area (Å²) in [5, 5.41) is 7.41. The van der Waals surface area contributed by atoms with Crippen molar-refractivity contribution in [1.82, 2.24) is 10.2 Å². The zero-order valence-electron chi connectivity index (χ0n) is 12.7. The number of halogens is 1. The number of nitrogens with zero attached hydrogens (tertiary/aromatic N) is 2. The summed E-state index contributed by atoms with van der Waals surface area (Å²) in [6.45, 7) is 0. The summed E-state index contributed by atoms with van der Waals surface area (Å²) in [7, 11) is -2.28. The standard InChI is InChI=1S/C17H13FN2O3S/c1-23-12-7-8-15(18)14(11-12)16-9-10-17(20-19-16)24(21,22)13-5-3-2-4-6-13/h2-11H,1H3. The third kappa shape index (κ3) is 2.98. The van der Waals surface area contributed by atoms with Gasteiger partial charge in [-0.25, -0.2) is 12.8 Å². The van der Waals surface area contributed by atoms with Crippen LogP contribution < -0.4 is 4.74 Å². The van der Waals surface area contributed by atoms with Crippen LogP contribution in [0.25, 0.3) is 11.3 Å². The number of hydrogen-bond donors (Lipinski definition) is 0. The average Bonchev–Trinajstić information content (AvgIpc) is 2.63. The van der Waals surface area contributed by atoms with E-state index in [1.165, 1.54) is 49.6 Å². The van der Waals surface area contributed by atoms with E-state index in [1.807, 2.05) is 0 Å². The number of benzene rings is 2. The Bertz CT molecular complexity index is 959. The molecule has 0 saturated carbocycles. The molecule has 2 aromatic carbocycles. The maximum atomic E-state index is 13.9. The number of methoxy groups -OCH3 is 1. The van der Waals surface area contributed by atoms with Gasteiger partial charge in [0.05, 0.1) is 17.7 Å². The van der Waals surface area contributed by atoms with Crippen molar-refractivity contribution < 1.29 is 17.5 Å². The van der Waals surface area contributed by atoms with Gasteiger partial charge in [-0.05, 0) is 42.5 Å². The summed E-state index contributed by atoms with van der Waals surface area (Å²) < 4.78 is 43.9. The summed E-state index contributed by atoms with van der Waals surface area (Å²) in [6, 6.07) is 14.9. The minimum atomic E-state index is -3.75. The Balaban J connectivity index is 2.00. The second-order valence-electron chi connectivity index (χ2n) is 4.92.